The van der Waals surface area contributed by atoms with Gasteiger partial charge in [0.2, 0.25) is 0 Å². The van der Waals surface area contributed by atoms with E-state index in [1.807, 2.05) is 0 Å². The number of amides is 1. The molecule has 1 atom stereocenters. The fourth-order valence-electron chi connectivity index (χ4n) is 2.11. The predicted molar refractivity (Wildman–Crippen MR) is 85.9 cm³/mol. The van der Waals surface area contributed by atoms with Crippen LogP contribution in [0.3, 0.4) is 0 Å². The molecular formula is C15H19BrClNO3. The van der Waals surface area contributed by atoms with Crippen molar-refractivity contribution in [2.45, 2.75) is 25.4 Å². The van der Waals surface area contributed by atoms with Gasteiger partial charge in [-0.15, -0.1) is 0 Å². The van der Waals surface area contributed by atoms with Crippen LogP contribution in [0.1, 0.15) is 29.6 Å². The largest absolute Gasteiger partial charge is 0.379 e. The fraction of sp³-hybridized carbons (Fsp3) is 0.533. The van der Waals surface area contributed by atoms with E-state index < -0.39 is 0 Å². The summed E-state index contributed by atoms with van der Waals surface area (Å²) >= 11 is 9.20. The zero-order valence-corrected chi connectivity index (χ0v) is 14.1. The molecule has 4 nitrogen and oxygen atoms in total. The van der Waals surface area contributed by atoms with Crippen molar-refractivity contribution in [2.75, 3.05) is 26.4 Å². The van der Waals surface area contributed by atoms with E-state index in [1.165, 1.54) is 0 Å². The number of ether oxygens (including phenoxy) is 2. The molecule has 1 aliphatic heterocycles. The SMILES string of the molecule is O=C(NCCCOCC1CCCO1)c1ccc(Cl)c(Br)c1. The number of rotatable bonds is 7. The number of benzene rings is 1. The Kier molecular flexibility index (Phi) is 6.96. The van der Waals surface area contributed by atoms with E-state index in [0.717, 1.165) is 30.3 Å². The molecule has 1 saturated heterocycles. The van der Waals surface area contributed by atoms with Crippen molar-refractivity contribution in [3.63, 3.8) is 0 Å². The zero-order chi connectivity index (χ0) is 15.1. The Morgan fingerprint density at radius 1 is 1.52 bits per heavy atom. The Balaban J connectivity index is 1.59. The second-order valence-corrected chi connectivity index (χ2v) is 6.21. The molecule has 1 N–H and O–H groups in total. The van der Waals surface area contributed by atoms with Crippen molar-refractivity contribution in [3.8, 4) is 0 Å². The van der Waals surface area contributed by atoms with Gasteiger partial charge in [0.25, 0.3) is 5.91 Å². The molecule has 0 radical (unpaired) electrons. The molecule has 1 aromatic rings. The quantitative estimate of drug-likeness (QED) is 0.742. The van der Waals surface area contributed by atoms with Crippen LogP contribution in [0.15, 0.2) is 22.7 Å². The van der Waals surface area contributed by atoms with Gasteiger partial charge < -0.3 is 14.8 Å². The Bertz CT molecular complexity index is 478. The lowest BCUT2D eigenvalue weighted by molar-refractivity contribution is 0.0166. The summed E-state index contributed by atoms with van der Waals surface area (Å²) in [5, 5.41) is 3.45. The molecule has 21 heavy (non-hydrogen) atoms. The van der Waals surface area contributed by atoms with Crippen LogP contribution in [0.5, 0.6) is 0 Å². The van der Waals surface area contributed by atoms with Gasteiger partial charge >= 0.3 is 0 Å². The number of carbonyl (C=O) groups excluding carboxylic acids is 1. The van der Waals surface area contributed by atoms with Gasteiger partial charge in [-0.25, -0.2) is 0 Å². The van der Waals surface area contributed by atoms with Crippen LogP contribution in [-0.2, 0) is 9.47 Å². The van der Waals surface area contributed by atoms with Crippen LogP contribution in [0.25, 0.3) is 0 Å². The first kappa shape index (κ1) is 16.7. The van der Waals surface area contributed by atoms with E-state index in [1.54, 1.807) is 18.2 Å². The number of halogens is 2. The minimum Gasteiger partial charge on any atom is -0.379 e. The molecule has 0 bridgehead atoms. The average Bonchev–Trinajstić information content (AvgIpc) is 2.98. The Labute approximate surface area is 138 Å². The molecule has 116 valence electrons. The molecular weight excluding hydrogens is 358 g/mol. The maximum absolute atomic E-state index is 11.9. The number of hydrogen-bond acceptors (Lipinski definition) is 3. The summed E-state index contributed by atoms with van der Waals surface area (Å²) in [6.07, 6.45) is 3.25. The topological polar surface area (TPSA) is 47.6 Å². The van der Waals surface area contributed by atoms with E-state index in [-0.39, 0.29) is 12.0 Å². The summed E-state index contributed by atoms with van der Waals surface area (Å²) < 4.78 is 11.7. The van der Waals surface area contributed by atoms with Gasteiger partial charge in [-0.3, -0.25) is 4.79 Å². The molecule has 1 fully saturated rings. The standard InChI is InChI=1S/C15H19BrClNO3/c16-13-9-11(4-5-14(13)17)15(19)18-6-2-7-20-10-12-3-1-8-21-12/h4-5,9,12H,1-3,6-8,10H2,(H,18,19). The molecule has 6 heteroatoms. The maximum Gasteiger partial charge on any atom is 0.251 e. The average molecular weight is 377 g/mol. The van der Waals surface area contributed by atoms with Crippen LogP contribution >= 0.6 is 27.5 Å². The van der Waals surface area contributed by atoms with Gasteiger partial charge in [-0.2, -0.15) is 0 Å². The predicted octanol–water partition coefficient (Wildman–Crippen LogP) is 3.42. The van der Waals surface area contributed by atoms with Gasteiger partial charge in [-0.05, 0) is 53.4 Å². The van der Waals surface area contributed by atoms with Crippen molar-refractivity contribution in [3.05, 3.63) is 33.3 Å². The fourth-order valence-corrected chi connectivity index (χ4v) is 2.60. The van der Waals surface area contributed by atoms with Crippen molar-refractivity contribution in [1.29, 1.82) is 0 Å². The van der Waals surface area contributed by atoms with Gasteiger partial charge in [0, 0.05) is 29.8 Å². The summed E-state index contributed by atoms with van der Waals surface area (Å²) in [4.78, 5) is 11.9. The van der Waals surface area contributed by atoms with Crippen LogP contribution in [-0.4, -0.2) is 38.4 Å². The molecule has 1 unspecified atom stereocenters. The molecule has 1 heterocycles. The summed E-state index contributed by atoms with van der Waals surface area (Å²) in [6.45, 7) is 2.72. The van der Waals surface area contributed by atoms with Crippen LogP contribution in [0.4, 0.5) is 0 Å². The molecule has 0 saturated carbocycles. The van der Waals surface area contributed by atoms with Gasteiger partial charge in [0.1, 0.15) is 0 Å². The molecule has 1 aliphatic rings. The summed E-state index contributed by atoms with van der Waals surface area (Å²) in [5.41, 5.74) is 0.589. The van der Waals surface area contributed by atoms with Crippen molar-refractivity contribution < 1.29 is 14.3 Å². The minimum absolute atomic E-state index is 0.105. The second kappa shape index (κ2) is 8.73. The first-order chi connectivity index (χ1) is 10.2. The van der Waals surface area contributed by atoms with Crippen LogP contribution in [0, 0.1) is 0 Å². The van der Waals surface area contributed by atoms with Crippen molar-refractivity contribution in [1.82, 2.24) is 5.32 Å². The minimum atomic E-state index is -0.105. The normalized spacial score (nSPS) is 17.9. The third-order valence-corrected chi connectivity index (χ3v) is 4.47. The highest BCUT2D eigenvalue weighted by Gasteiger charge is 2.15. The van der Waals surface area contributed by atoms with E-state index in [0.29, 0.717) is 30.3 Å². The molecule has 0 aliphatic carbocycles. The highest BCUT2D eigenvalue weighted by molar-refractivity contribution is 9.10. The second-order valence-electron chi connectivity index (χ2n) is 4.95. The molecule has 1 amide bonds. The third kappa shape index (κ3) is 5.58. The highest BCUT2D eigenvalue weighted by Crippen LogP contribution is 2.23. The van der Waals surface area contributed by atoms with Gasteiger partial charge in [0.15, 0.2) is 0 Å². The van der Waals surface area contributed by atoms with Crippen molar-refractivity contribution in [2.24, 2.45) is 0 Å². The van der Waals surface area contributed by atoms with Crippen LogP contribution < -0.4 is 5.32 Å². The monoisotopic (exact) mass is 375 g/mol. The Morgan fingerprint density at radius 3 is 3.10 bits per heavy atom. The molecule has 0 aromatic heterocycles. The number of carbonyl (C=O) groups is 1. The summed E-state index contributed by atoms with van der Waals surface area (Å²) in [7, 11) is 0. The van der Waals surface area contributed by atoms with E-state index in [9.17, 15) is 4.79 Å². The summed E-state index contributed by atoms with van der Waals surface area (Å²) in [5.74, 6) is -0.105. The van der Waals surface area contributed by atoms with Gasteiger partial charge in [-0.1, -0.05) is 11.6 Å². The number of nitrogens with one attached hydrogen (secondary N) is 1. The smallest absolute Gasteiger partial charge is 0.251 e. The lowest BCUT2D eigenvalue weighted by atomic mass is 10.2. The van der Waals surface area contributed by atoms with Crippen molar-refractivity contribution >= 4 is 33.4 Å². The Morgan fingerprint density at radius 2 is 2.38 bits per heavy atom. The Hall–Kier alpha value is -0.620. The van der Waals surface area contributed by atoms with E-state index >= 15 is 0 Å². The zero-order valence-electron chi connectivity index (χ0n) is 11.7. The highest BCUT2D eigenvalue weighted by atomic mass is 79.9. The summed E-state index contributed by atoms with van der Waals surface area (Å²) in [6, 6.07) is 5.12. The van der Waals surface area contributed by atoms with Gasteiger partial charge in [0.05, 0.1) is 17.7 Å². The van der Waals surface area contributed by atoms with E-state index in [4.69, 9.17) is 21.1 Å². The van der Waals surface area contributed by atoms with E-state index in [2.05, 4.69) is 21.2 Å². The molecule has 2 rings (SSSR count). The molecule has 1 aromatic carbocycles. The maximum atomic E-state index is 11.9. The third-order valence-electron chi connectivity index (χ3n) is 3.26. The number of hydrogen-bond donors (Lipinski definition) is 1. The first-order valence-corrected chi connectivity index (χ1v) is 8.26. The van der Waals surface area contributed by atoms with Crippen LogP contribution in [0.2, 0.25) is 5.02 Å². The lowest BCUT2D eigenvalue weighted by Crippen LogP contribution is -2.25. The lowest BCUT2D eigenvalue weighted by Gasteiger charge is -2.10. The first-order valence-electron chi connectivity index (χ1n) is 7.09. The molecule has 0 spiro atoms.